The highest BCUT2D eigenvalue weighted by Crippen LogP contribution is 2.26. The van der Waals surface area contributed by atoms with Crippen molar-refractivity contribution in [1.29, 1.82) is 0 Å². The molecule has 0 aliphatic rings. The molecule has 2 aromatic carbocycles. The van der Waals surface area contributed by atoms with Gasteiger partial charge in [0.1, 0.15) is 5.82 Å². The van der Waals surface area contributed by atoms with Crippen LogP contribution in [0, 0.1) is 5.82 Å². The third-order valence-electron chi connectivity index (χ3n) is 3.68. The lowest BCUT2D eigenvalue weighted by Gasteiger charge is -2.05. The maximum absolute atomic E-state index is 12.9. The Morgan fingerprint density at radius 1 is 1.10 bits per heavy atom. The number of benzene rings is 2. The minimum Gasteiger partial charge on any atom is -0.465 e. The number of hydrogen-bond donors (Lipinski definition) is 2. The van der Waals surface area contributed by atoms with Crippen molar-refractivity contribution in [3.63, 3.8) is 0 Å². The number of nitrogens with zero attached hydrogens (tertiary/aromatic N) is 2. The highest BCUT2D eigenvalue weighted by atomic mass is 32.2. The molecular weight excluding hydrogens is 415 g/mol. The molecular formula is C19H17FN4O3S2. The molecule has 0 unspecified atom stereocenters. The molecule has 0 saturated carbocycles. The summed E-state index contributed by atoms with van der Waals surface area (Å²) < 4.78 is 18.2. The standard InChI is InChI=1S/C19H17FN4O3S2/c1-27-17(26)13-4-8-15(9-5-13)22-16(25)11-28-19-24-23-18(29-19)21-10-12-2-6-14(20)7-3-12/h2-9H,10-11H2,1H3,(H,21,23)(H,22,25). The van der Waals surface area contributed by atoms with E-state index >= 15 is 0 Å². The van der Waals surface area contributed by atoms with Crippen molar-refractivity contribution in [2.75, 3.05) is 23.5 Å². The van der Waals surface area contributed by atoms with Crippen LogP contribution in [0.25, 0.3) is 0 Å². The number of ether oxygens (including phenoxy) is 1. The lowest BCUT2D eigenvalue weighted by molar-refractivity contribution is -0.113. The molecule has 7 nitrogen and oxygen atoms in total. The lowest BCUT2D eigenvalue weighted by atomic mass is 10.2. The molecule has 1 amide bonds. The van der Waals surface area contributed by atoms with Crippen LogP contribution in [0.15, 0.2) is 52.9 Å². The van der Waals surface area contributed by atoms with Crippen molar-refractivity contribution >= 4 is 45.8 Å². The molecule has 2 N–H and O–H groups in total. The normalized spacial score (nSPS) is 10.4. The topological polar surface area (TPSA) is 93.2 Å². The van der Waals surface area contributed by atoms with Crippen molar-refractivity contribution in [2.45, 2.75) is 10.9 Å². The second-order valence-corrected chi connectivity index (χ2v) is 7.96. The van der Waals surface area contributed by atoms with E-state index in [1.165, 1.54) is 42.3 Å². The van der Waals surface area contributed by atoms with E-state index in [9.17, 15) is 14.0 Å². The van der Waals surface area contributed by atoms with Gasteiger partial charge in [-0.05, 0) is 42.0 Å². The largest absolute Gasteiger partial charge is 0.465 e. The second kappa shape index (κ2) is 9.99. The zero-order valence-corrected chi connectivity index (χ0v) is 17.0. The van der Waals surface area contributed by atoms with Gasteiger partial charge in [-0.3, -0.25) is 4.79 Å². The van der Waals surface area contributed by atoms with Gasteiger partial charge in [-0.15, -0.1) is 10.2 Å². The molecule has 10 heteroatoms. The third kappa shape index (κ3) is 6.26. The molecule has 0 saturated heterocycles. The number of esters is 1. The number of amides is 1. The van der Waals surface area contributed by atoms with Crippen molar-refractivity contribution < 1.29 is 18.7 Å². The van der Waals surface area contributed by atoms with Crippen LogP contribution >= 0.6 is 23.1 Å². The summed E-state index contributed by atoms with van der Waals surface area (Å²) in [5, 5.41) is 14.6. The van der Waals surface area contributed by atoms with Gasteiger partial charge in [-0.2, -0.15) is 0 Å². The number of hydrogen-bond acceptors (Lipinski definition) is 8. The molecule has 3 aromatic rings. The quantitative estimate of drug-likeness (QED) is 0.413. The van der Waals surface area contributed by atoms with Gasteiger partial charge in [-0.25, -0.2) is 9.18 Å². The molecule has 150 valence electrons. The Kier molecular flexibility index (Phi) is 7.14. The van der Waals surface area contributed by atoms with Crippen molar-refractivity contribution in [1.82, 2.24) is 10.2 Å². The van der Waals surface area contributed by atoms with Gasteiger partial charge in [0.05, 0.1) is 18.4 Å². The van der Waals surface area contributed by atoms with Gasteiger partial charge in [-0.1, -0.05) is 35.2 Å². The first-order valence-electron chi connectivity index (χ1n) is 8.46. The molecule has 0 radical (unpaired) electrons. The number of aromatic nitrogens is 2. The van der Waals surface area contributed by atoms with Crippen molar-refractivity contribution in [3.05, 3.63) is 65.5 Å². The number of methoxy groups -OCH3 is 1. The molecule has 3 rings (SSSR count). The number of carbonyl (C=O) groups excluding carboxylic acids is 2. The number of anilines is 2. The lowest BCUT2D eigenvalue weighted by Crippen LogP contribution is -2.14. The summed E-state index contributed by atoms with van der Waals surface area (Å²) in [6.07, 6.45) is 0. The summed E-state index contributed by atoms with van der Waals surface area (Å²) in [6.45, 7) is 0.502. The van der Waals surface area contributed by atoms with Crippen LogP contribution in [0.5, 0.6) is 0 Å². The Hall–Kier alpha value is -2.98. The summed E-state index contributed by atoms with van der Waals surface area (Å²) in [5.41, 5.74) is 1.92. The van der Waals surface area contributed by atoms with E-state index < -0.39 is 5.97 Å². The van der Waals surface area contributed by atoms with E-state index in [0.29, 0.717) is 27.3 Å². The minimum absolute atomic E-state index is 0.172. The van der Waals surface area contributed by atoms with Gasteiger partial charge in [0, 0.05) is 12.2 Å². The molecule has 0 aliphatic heterocycles. The minimum atomic E-state index is -0.432. The maximum atomic E-state index is 12.9. The predicted molar refractivity (Wildman–Crippen MR) is 111 cm³/mol. The van der Waals surface area contributed by atoms with E-state index in [2.05, 4.69) is 25.6 Å². The van der Waals surface area contributed by atoms with E-state index in [1.807, 2.05) is 0 Å². The number of carbonyl (C=O) groups is 2. The van der Waals surface area contributed by atoms with E-state index in [4.69, 9.17) is 0 Å². The molecule has 1 aromatic heterocycles. The van der Waals surface area contributed by atoms with Crippen LogP contribution in [0.3, 0.4) is 0 Å². The van der Waals surface area contributed by atoms with Crippen LogP contribution in [-0.4, -0.2) is 34.9 Å². The first-order valence-corrected chi connectivity index (χ1v) is 10.3. The molecule has 0 atom stereocenters. The zero-order chi connectivity index (χ0) is 20.6. The summed E-state index contributed by atoms with van der Waals surface area (Å²) in [7, 11) is 1.31. The third-order valence-corrected chi connectivity index (χ3v) is 5.69. The first-order chi connectivity index (χ1) is 14.0. The van der Waals surface area contributed by atoms with Crippen molar-refractivity contribution in [3.8, 4) is 0 Å². The van der Waals surface area contributed by atoms with E-state index in [1.54, 1.807) is 36.4 Å². The smallest absolute Gasteiger partial charge is 0.337 e. The molecule has 0 spiro atoms. The van der Waals surface area contributed by atoms with Crippen LogP contribution in [0.2, 0.25) is 0 Å². The molecule has 29 heavy (non-hydrogen) atoms. The Bertz CT molecular complexity index is 978. The van der Waals surface area contributed by atoms with Crippen LogP contribution in [0.4, 0.5) is 15.2 Å². The predicted octanol–water partition coefficient (Wildman–Crippen LogP) is 3.81. The fraction of sp³-hybridized carbons (Fsp3) is 0.158. The Morgan fingerprint density at radius 3 is 2.52 bits per heavy atom. The van der Waals surface area contributed by atoms with Gasteiger partial charge in [0.2, 0.25) is 11.0 Å². The van der Waals surface area contributed by atoms with Gasteiger partial charge in [0.25, 0.3) is 0 Å². The van der Waals surface area contributed by atoms with Crippen LogP contribution in [-0.2, 0) is 16.1 Å². The van der Waals surface area contributed by atoms with Crippen molar-refractivity contribution in [2.24, 2.45) is 0 Å². The second-order valence-electron chi connectivity index (χ2n) is 5.76. The monoisotopic (exact) mass is 432 g/mol. The average molecular weight is 433 g/mol. The SMILES string of the molecule is COC(=O)c1ccc(NC(=O)CSc2nnc(NCc3ccc(F)cc3)s2)cc1. The Morgan fingerprint density at radius 2 is 1.83 bits per heavy atom. The maximum Gasteiger partial charge on any atom is 0.337 e. The first kappa shape index (κ1) is 20.7. The highest BCUT2D eigenvalue weighted by molar-refractivity contribution is 8.01. The molecule has 0 aliphatic carbocycles. The van der Waals surface area contributed by atoms with Crippen LogP contribution < -0.4 is 10.6 Å². The van der Waals surface area contributed by atoms with E-state index in [-0.39, 0.29) is 17.5 Å². The number of nitrogens with one attached hydrogen (secondary N) is 2. The summed E-state index contributed by atoms with van der Waals surface area (Å²) in [5.74, 6) is -0.734. The summed E-state index contributed by atoms with van der Waals surface area (Å²) >= 11 is 2.61. The summed E-state index contributed by atoms with van der Waals surface area (Å²) in [4.78, 5) is 23.5. The highest BCUT2D eigenvalue weighted by Gasteiger charge is 2.10. The fourth-order valence-corrected chi connectivity index (χ4v) is 3.80. The Labute approximate surface area is 174 Å². The van der Waals surface area contributed by atoms with Crippen LogP contribution in [0.1, 0.15) is 15.9 Å². The molecule has 0 fully saturated rings. The number of rotatable bonds is 8. The molecule has 1 heterocycles. The van der Waals surface area contributed by atoms with E-state index in [0.717, 1.165) is 5.56 Å². The zero-order valence-electron chi connectivity index (χ0n) is 15.3. The average Bonchev–Trinajstić information content (AvgIpc) is 3.20. The van der Waals surface area contributed by atoms with Gasteiger partial charge < -0.3 is 15.4 Å². The molecule has 0 bridgehead atoms. The number of halogens is 1. The van der Waals surface area contributed by atoms with Gasteiger partial charge in [0.15, 0.2) is 4.34 Å². The van der Waals surface area contributed by atoms with Gasteiger partial charge >= 0.3 is 5.97 Å². The Balaban J connectivity index is 1.44. The fourth-order valence-electron chi connectivity index (χ4n) is 2.25. The summed E-state index contributed by atoms with van der Waals surface area (Å²) in [6, 6.07) is 12.6. The number of thioether (sulfide) groups is 1.